The van der Waals surface area contributed by atoms with Gasteiger partial charge in [0, 0.05) is 121 Å². The van der Waals surface area contributed by atoms with E-state index < -0.39 is 6.10 Å². The molecule has 4 heterocycles. The molecule has 4 aromatic rings. The number of imidazole rings is 2. The number of likely N-dealkylation sites (N-methyl/N-ethyl adjacent to an activating group) is 2. The number of hydrogen-bond donors (Lipinski definition) is 0. The summed E-state index contributed by atoms with van der Waals surface area (Å²) in [4.78, 5) is 42.3. The molecule has 1 atom stereocenters. The molecule has 45 heavy (non-hydrogen) atoms. The number of carbonyl (C=O) groups is 2. The Kier molecular flexibility index (Phi) is 10.3. The van der Waals surface area contributed by atoms with Crippen LogP contribution in [0.15, 0.2) is 73.3 Å². The van der Waals surface area contributed by atoms with Gasteiger partial charge in [-0.05, 0) is 32.3 Å². The molecule has 0 aliphatic carbocycles. The highest BCUT2D eigenvalue weighted by atomic mass is 16.5. The minimum absolute atomic E-state index is 0.0166. The van der Waals surface area contributed by atoms with Crippen LogP contribution in [0.3, 0.4) is 0 Å². The molecule has 2 aromatic carbocycles. The minimum Gasteiger partial charge on any atom is -0.449 e. The van der Waals surface area contributed by atoms with Crippen LogP contribution in [0.4, 0.5) is 11.4 Å². The van der Waals surface area contributed by atoms with Crippen LogP contribution in [0.2, 0.25) is 0 Å². The van der Waals surface area contributed by atoms with Gasteiger partial charge in [0.2, 0.25) is 5.78 Å². The van der Waals surface area contributed by atoms with Gasteiger partial charge in [0.25, 0.3) is 0 Å². The molecule has 2 aliphatic rings. The van der Waals surface area contributed by atoms with Gasteiger partial charge in [-0.2, -0.15) is 0 Å². The molecule has 2 fully saturated rings. The molecule has 11 heteroatoms. The zero-order valence-electron chi connectivity index (χ0n) is 27.0. The number of carbonyl (C=O) groups excluding carboxylic acids is 2. The standard InChI is InChI=1S/C18H24N4O2.C16H20N4O/c1-14(23)24-17(18-19-8-9-21(18)3)15-6-4-5-7-16(15)22-12-10-20(2)11-13-22;1-18-9-11-20(12-10-18)14-6-4-3-5-13(14)15(21)16-17-7-8-19(16)2/h4-9,17H,10-13H2,1-3H3;3-8H,9-12H2,1-2H3. The molecule has 2 saturated heterocycles. The molecule has 0 radical (unpaired) electrons. The summed E-state index contributed by atoms with van der Waals surface area (Å²) in [6.45, 7) is 9.33. The number of aryl methyl sites for hydroxylation is 2. The summed E-state index contributed by atoms with van der Waals surface area (Å²) in [6, 6.07) is 16.0. The number of anilines is 2. The molecule has 238 valence electrons. The zero-order chi connectivity index (χ0) is 31.9. The Morgan fingerprint density at radius 3 is 1.78 bits per heavy atom. The molecule has 2 aliphatic heterocycles. The van der Waals surface area contributed by atoms with Crippen molar-refractivity contribution in [2.45, 2.75) is 13.0 Å². The predicted octanol–water partition coefficient (Wildman–Crippen LogP) is 3.23. The summed E-state index contributed by atoms with van der Waals surface area (Å²) < 4.78 is 9.32. The third-order valence-corrected chi connectivity index (χ3v) is 8.46. The zero-order valence-corrected chi connectivity index (χ0v) is 27.0. The normalized spacial score (nSPS) is 16.6. The fourth-order valence-corrected chi connectivity index (χ4v) is 5.79. The molecular formula is C34H44N8O3. The number of benzene rings is 2. The summed E-state index contributed by atoms with van der Waals surface area (Å²) in [5, 5.41) is 0. The van der Waals surface area contributed by atoms with Crippen LogP contribution in [-0.2, 0) is 23.6 Å². The molecule has 0 amide bonds. The first-order valence-electron chi connectivity index (χ1n) is 15.4. The van der Waals surface area contributed by atoms with Crippen LogP contribution >= 0.6 is 0 Å². The van der Waals surface area contributed by atoms with Crippen molar-refractivity contribution < 1.29 is 14.3 Å². The second kappa shape index (κ2) is 14.5. The molecule has 1 unspecified atom stereocenters. The van der Waals surface area contributed by atoms with Gasteiger partial charge in [-0.1, -0.05) is 30.3 Å². The van der Waals surface area contributed by atoms with Crippen LogP contribution < -0.4 is 9.80 Å². The molecule has 11 nitrogen and oxygen atoms in total. The molecule has 0 bridgehead atoms. The Morgan fingerprint density at radius 1 is 0.689 bits per heavy atom. The van der Waals surface area contributed by atoms with Crippen LogP contribution in [0, 0.1) is 0 Å². The molecular weight excluding hydrogens is 568 g/mol. The lowest BCUT2D eigenvalue weighted by Gasteiger charge is -2.36. The third kappa shape index (κ3) is 7.61. The van der Waals surface area contributed by atoms with Gasteiger partial charge in [0.05, 0.1) is 0 Å². The Morgan fingerprint density at radius 2 is 1.22 bits per heavy atom. The second-order valence-corrected chi connectivity index (χ2v) is 11.7. The average molecular weight is 613 g/mol. The number of esters is 1. The topological polar surface area (TPSA) is 92.0 Å². The van der Waals surface area contributed by atoms with Gasteiger partial charge in [-0.3, -0.25) is 9.59 Å². The van der Waals surface area contributed by atoms with Gasteiger partial charge >= 0.3 is 5.97 Å². The number of ether oxygens (including phenoxy) is 1. The van der Waals surface area contributed by atoms with E-state index in [0.29, 0.717) is 5.82 Å². The Bertz CT molecular complexity index is 1580. The second-order valence-electron chi connectivity index (χ2n) is 11.7. The summed E-state index contributed by atoms with van der Waals surface area (Å²) >= 11 is 0. The molecule has 0 spiro atoms. The van der Waals surface area contributed by atoms with Crippen LogP contribution in [-0.4, -0.2) is 107 Å². The summed E-state index contributed by atoms with van der Waals surface area (Å²) in [6.07, 6.45) is 6.55. The smallest absolute Gasteiger partial charge is 0.303 e. The van der Waals surface area contributed by atoms with Crippen molar-refractivity contribution in [3.05, 3.63) is 96.1 Å². The van der Waals surface area contributed by atoms with Crippen molar-refractivity contribution >= 4 is 23.1 Å². The molecule has 0 saturated carbocycles. The number of piperazine rings is 2. The number of para-hydroxylation sites is 2. The van der Waals surface area contributed by atoms with Crippen LogP contribution in [0.1, 0.15) is 40.6 Å². The van der Waals surface area contributed by atoms with E-state index in [1.165, 1.54) is 6.92 Å². The third-order valence-electron chi connectivity index (χ3n) is 8.46. The van der Waals surface area contributed by atoms with Crippen LogP contribution in [0.25, 0.3) is 0 Å². The van der Waals surface area contributed by atoms with Crippen molar-refractivity contribution in [1.82, 2.24) is 28.9 Å². The van der Waals surface area contributed by atoms with Crippen molar-refractivity contribution in [2.24, 2.45) is 14.1 Å². The first-order valence-corrected chi connectivity index (χ1v) is 15.4. The van der Waals surface area contributed by atoms with Gasteiger partial charge < -0.3 is 33.5 Å². The Labute approximate surface area is 265 Å². The Hall–Kier alpha value is -4.48. The lowest BCUT2D eigenvalue weighted by Crippen LogP contribution is -2.45. The highest BCUT2D eigenvalue weighted by Crippen LogP contribution is 2.33. The highest BCUT2D eigenvalue weighted by molar-refractivity contribution is 6.10. The maximum atomic E-state index is 12.7. The maximum absolute atomic E-state index is 12.7. The quantitative estimate of drug-likeness (QED) is 0.231. The van der Waals surface area contributed by atoms with Crippen molar-refractivity contribution in [1.29, 1.82) is 0 Å². The van der Waals surface area contributed by atoms with Gasteiger partial charge in [0.15, 0.2) is 17.8 Å². The summed E-state index contributed by atoms with van der Waals surface area (Å²) in [7, 11) is 8.02. The minimum atomic E-state index is -0.502. The number of rotatable bonds is 7. The maximum Gasteiger partial charge on any atom is 0.303 e. The van der Waals surface area contributed by atoms with E-state index in [9.17, 15) is 9.59 Å². The predicted molar refractivity (Wildman–Crippen MR) is 176 cm³/mol. The fourth-order valence-electron chi connectivity index (χ4n) is 5.79. The average Bonchev–Trinajstić information content (AvgIpc) is 3.68. The lowest BCUT2D eigenvalue weighted by molar-refractivity contribution is -0.145. The van der Waals surface area contributed by atoms with Crippen LogP contribution in [0.5, 0.6) is 0 Å². The van der Waals surface area contributed by atoms with Gasteiger partial charge in [-0.25, -0.2) is 9.97 Å². The van der Waals surface area contributed by atoms with E-state index in [2.05, 4.69) is 49.7 Å². The summed E-state index contributed by atoms with van der Waals surface area (Å²) in [5.41, 5.74) is 3.83. The molecule has 2 aromatic heterocycles. The van der Waals surface area contributed by atoms with E-state index in [-0.39, 0.29) is 11.8 Å². The lowest BCUT2D eigenvalue weighted by atomic mass is 10.0. The SMILES string of the molecule is CC(=O)OC(c1ccccc1N1CCN(C)CC1)c1nccn1C.CN1CCN(c2ccccc2C(=O)c2nccn2C)CC1. The highest BCUT2D eigenvalue weighted by Gasteiger charge is 2.27. The Balaban J connectivity index is 0.000000179. The van der Waals surface area contributed by atoms with Crippen molar-refractivity contribution in [2.75, 3.05) is 76.3 Å². The molecule has 6 rings (SSSR count). The fraction of sp³-hybridized carbons (Fsp3) is 0.412. The molecule has 0 N–H and O–H groups in total. The van der Waals surface area contributed by atoms with E-state index in [1.807, 2.05) is 67.3 Å². The van der Waals surface area contributed by atoms with Gasteiger partial charge in [-0.15, -0.1) is 0 Å². The van der Waals surface area contributed by atoms with Crippen molar-refractivity contribution in [3.63, 3.8) is 0 Å². The van der Waals surface area contributed by atoms with E-state index >= 15 is 0 Å². The number of ketones is 1. The van der Waals surface area contributed by atoms with E-state index in [4.69, 9.17) is 4.74 Å². The number of hydrogen-bond acceptors (Lipinski definition) is 9. The van der Waals surface area contributed by atoms with Gasteiger partial charge in [0.1, 0.15) is 0 Å². The largest absolute Gasteiger partial charge is 0.449 e. The van der Waals surface area contributed by atoms with E-state index in [1.54, 1.807) is 23.2 Å². The first kappa shape index (κ1) is 31.9. The number of aromatic nitrogens is 4. The first-order chi connectivity index (χ1) is 21.7. The van der Waals surface area contributed by atoms with E-state index in [0.717, 1.165) is 80.7 Å². The monoisotopic (exact) mass is 612 g/mol. The van der Waals surface area contributed by atoms with Crippen molar-refractivity contribution in [3.8, 4) is 0 Å². The number of nitrogens with zero attached hydrogens (tertiary/aromatic N) is 8. The summed E-state index contributed by atoms with van der Waals surface area (Å²) in [5.74, 6) is 0.886.